The summed E-state index contributed by atoms with van der Waals surface area (Å²) in [5.41, 5.74) is 1.36. The minimum absolute atomic E-state index is 0.566. The van der Waals surface area contributed by atoms with Crippen molar-refractivity contribution in [2.45, 2.75) is 51.9 Å². The third kappa shape index (κ3) is 1.19. The highest BCUT2D eigenvalue weighted by atomic mass is 35.5. The van der Waals surface area contributed by atoms with Gasteiger partial charge in [-0.3, -0.25) is 0 Å². The van der Waals surface area contributed by atoms with Gasteiger partial charge in [0, 0.05) is 5.88 Å². The maximum Gasteiger partial charge on any atom is 0.0280 e. The zero-order chi connectivity index (χ0) is 8.66. The Morgan fingerprint density at radius 3 is 2.25 bits per heavy atom. The first-order valence-electron chi connectivity index (χ1n) is 5.30. The third-order valence-corrected chi connectivity index (χ3v) is 4.54. The second kappa shape index (κ2) is 2.90. The molecule has 2 aliphatic carbocycles. The van der Waals surface area contributed by atoms with E-state index in [2.05, 4.69) is 6.92 Å². The summed E-state index contributed by atoms with van der Waals surface area (Å²) in [7, 11) is 0. The molecule has 2 rings (SSSR count). The number of hydrogen-bond donors (Lipinski definition) is 0. The van der Waals surface area contributed by atoms with E-state index in [1.165, 1.54) is 44.9 Å². The Labute approximate surface area is 80.7 Å². The molecule has 0 nitrogen and oxygen atoms in total. The third-order valence-electron chi connectivity index (χ3n) is 3.98. The molecule has 1 heteroatoms. The highest BCUT2D eigenvalue weighted by Gasteiger charge is 2.55. The summed E-state index contributed by atoms with van der Waals surface area (Å²) in [6.07, 6.45) is 10.0. The van der Waals surface area contributed by atoms with Crippen LogP contribution in [0.25, 0.3) is 0 Å². The number of rotatable bonds is 3. The van der Waals surface area contributed by atoms with Crippen molar-refractivity contribution in [1.82, 2.24) is 0 Å². The molecule has 0 aliphatic heterocycles. The van der Waals surface area contributed by atoms with E-state index >= 15 is 0 Å². The lowest BCUT2D eigenvalue weighted by Crippen LogP contribution is -2.51. The van der Waals surface area contributed by atoms with Gasteiger partial charge in [0.05, 0.1) is 0 Å². The highest BCUT2D eigenvalue weighted by Crippen LogP contribution is 2.66. The fourth-order valence-electron chi connectivity index (χ4n) is 3.44. The molecular weight excluding hydrogens is 168 g/mol. The standard InChI is InChI=1S/C11H19Cl/c1-2-4-11(9-12)7-10(8-11)5-3-6-10/h2-9H2,1H3. The molecule has 0 saturated heterocycles. The van der Waals surface area contributed by atoms with Gasteiger partial charge in [-0.05, 0) is 42.9 Å². The van der Waals surface area contributed by atoms with E-state index in [4.69, 9.17) is 11.6 Å². The molecule has 0 bridgehead atoms. The van der Waals surface area contributed by atoms with Crippen LogP contribution in [0.3, 0.4) is 0 Å². The minimum atomic E-state index is 0.566. The Morgan fingerprint density at radius 2 is 1.92 bits per heavy atom. The normalized spacial score (nSPS) is 29.5. The number of hydrogen-bond acceptors (Lipinski definition) is 0. The van der Waals surface area contributed by atoms with Crippen molar-refractivity contribution in [2.24, 2.45) is 10.8 Å². The summed E-state index contributed by atoms with van der Waals surface area (Å²) in [5.74, 6) is 0.905. The van der Waals surface area contributed by atoms with Gasteiger partial charge in [0.2, 0.25) is 0 Å². The van der Waals surface area contributed by atoms with Crippen molar-refractivity contribution in [3.8, 4) is 0 Å². The second-order valence-corrected chi connectivity index (χ2v) is 5.36. The molecule has 12 heavy (non-hydrogen) atoms. The SMILES string of the molecule is CCCC1(CCl)CC2(CCC2)C1. The van der Waals surface area contributed by atoms with Crippen LogP contribution in [0.2, 0.25) is 0 Å². The fraction of sp³-hybridized carbons (Fsp3) is 1.00. The van der Waals surface area contributed by atoms with E-state index < -0.39 is 0 Å². The molecule has 0 atom stereocenters. The molecule has 0 radical (unpaired) electrons. The first-order chi connectivity index (χ1) is 5.74. The van der Waals surface area contributed by atoms with E-state index in [1.54, 1.807) is 0 Å². The van der Waals surface area contributed by atoms with Crippen molar-refractivity contribution < 1.29 is 0 Å². The molecule has 2 saturated carbocycles. The van der Waals surface area contributed by atoms with Crippen LogP contribution in [-0.2, 0) is 0 Å². The summed E-state index contributed by atoms with van der Waals surface area (Å²) in [5, 5.41) is 0. The quantitative estimate of drug-likeness (QED) is 0.585. The van der Waals surface area contributed by atoms with Crippen LogP contribution >= 0.6 is 11.6 Å². The summed E-state index contributed by atoms with van der Waals surface area (Å²) in [4.78, 5) is 0. The lowest BCUT2D eigenvalue weighted by atomic mass is 9.45. The van der Waals surface area contributed by atoms with Crippen LogP contribution < -0.4 is 0 Å². The smallest absolute Gasteiger partial charge is 0.0280 e. The van der Waals surface area contributed by atoms with Gasteiger partial charge >= 0.3 is 0 Å². The first kappa shape index (κ1) is 8.87. The van der Waals surface area contributed by atoms with Gasteiger partial charge in [-0.15, -0.1) is 11.6 Å². The monoisotopic (exact) mass is 186 g/mol. The van der Waals surface area contributed by atoms with Crippen molar-refractivity contribution >= 4 is 11.6 Å². The largest absolute Gasteiger partial charge is 0.126 e. The summed E-state index contributed by atoms with van der Waals surface area (Å²) in [6, 6.07) is 0. The minimum Gasteiger partial charge on any atom is -0.126 e. The Balaban J connectivity index is 1.89. The van der Waals surface area contributed by atoms with Gasteiger partial charge in [-0.2, -0.15) is 0 Å². The molecule has 0 heterocycles. The predicted octanol–water partition coefficient (Wildman–Crippen LogP) is 3.98. The summed E-state index contributed by atoms with van der Waals surface area (Å²) < 4.78 is 0. The zero-order valence-corrected chi connectivity index (χ0v) is 8.79. The molecule has 70 valence electrons. The molecule has 0 N–H and O–H groups in total. The molecule has 0 aromatic carbocycles. The van der Waals surface area contributed by atoms with E-state index in [9.17, 15) is 0 Å². The average molecular weight is 187 g/mol. The Morgan fingerprint density at radius 1 is 1.25 bits per heavy atom. The van der Waals surface area contributed by atoms with Gasteiger partial charge in [-0.25, -0.2) is 0 Å². The molecule has 0 aromatic heterocycles. The van der Waals surface area contributed by atoms with Gasteiger partial charge in [-0.1, -0.05) is 19.8 Å². The molecule has 0 amide bonds. The zero-order valence-electron chi connectivity index (χ0n) is 8.03. The van der Waals surface area contributed by atoms with Crippen LogP contribution in [0.5, 0.6) is 0 Å². The Hall–Kier alpha value is 0.290. The lowest BCUT2D eigenvalue weighted by molar-refractivity contribution is -0.0881. The lowest BCUT2D eigenvalue weighted by Gasteiger charge is -2.61. The molecule has 2 fully saturated rings. The second-order valence-electron chi connectivity index (χ2n) is 5.09. The topological polar surface area (TPSA) is 0 Å². The predicted molar refractivity (Wildman–Crippen MR) is 53.6 cm³/mol. The Kier molecular flexibility index (Phi) is 2.15. The molecule has 0 aromatic rings. The first-order valence-corrected chi connectivity index (χ1v) is 5.84. The van der Waals surface area contributed by atoms with Crippen molar-refractivity contribution in [3.05, 3.63) is 0 Å². The maximum atomic E-state index is 6.05. The van der Waals surface area contributed by atoms with Crippen LogP contribution in [0.1, 0.15) is 51.9 Å². The van der Waals surface area contributed by atoms with E-state index in [-0.39, 0.29) is 0 Å². The van der Waals surface area contributed by atoms with Crippen LogP contribution in [0.4, 0.5) is 0 Å². The molecule has 1 spiro atoms. The molecule has 0 unspecified atom stereocenters. The van der Waals surface area contributed by atoms with Crippen molar-refractivity contribution in [2.75, 3.05) is 5.88 Å². The van der Waals surface area contributed by atoms with E-state index in [0.717, 1.165) is 11.3 Å². The highest BCUT2D eigenvalue weighted by molar-refractivity contribution is 6.18. The van der Waals surface area contributed by atoms with Crippen molar-refractivity contribution in [3.63, 3.8) is 0 Å². The van der Waals surface area contributed by atoms with E-state index in [0.29, 0.717) is 5.41 Å². The van der Waals surface area contributed by atoms with Crippen molar-refractivity contribution in [1.29, 1.82) is 0 Å². The average Bonchev–Trinajstić information content (AvgIpc) is 1.92. The van der Waals surface area contributed by atoms with Crippen LogP contribution in [0.15, 0.2) is 0 Å². The Bertz CT molecular complexity index is 162. The summed E-state index contributed by atoms with van der Waals surface area (Å²) >= 11 is 6.05. The molecular formula is C11H19Cl. The molecule has 2 aliphatic rings. The fourth-order valence-corrected chi connectivity index (χ4v) is 3.76. The van der Waals surface area contributed by atoms with Gasteiger partial charge in [0.1, 0.15) is 0 Å². The van der Waals surface area contributed by atoms with Gasteiger partial charge < -0.3 is 0 Å². The number of halogens is 1. The maximum absolute atomic E-state index is 6.05. The van der Waals surface area contributed by atoms with E-state index in [1.807, 2.05) is 0 Å². The van der Waals surface area contributed by atoms with Gasteiger partial charge in [0.15, 0.2) is 0 Å². The number of alkyl halides is 1. The van der Waals surface area contributed by atoms with Crippen LogP contribution in [0, 0.1) is 10.8 Å². The summed E-state index contributed by atoms with van der Waals surface area (Å²) in [6.45, 7) is 2.28. The van der Waals surface area contributed by atoms with Crippen LogP contribution in [-0.4, -0.2) is 5.88 Å². The van der Waals surface area contributed by atoms with Gasteiger partial charge in [0.25, 0.3) is 0 Å².